The Bertz CT molecular complexity index is 3090. The smallest absolute Gasteiger partial charge is 0.249 e. The van der Waals surface area contributed by atoms with E-state index < -0.39 is 0 Å². The van der Waals surface area contributed by atoms with Crippen molar-refractivity contribution in [1.82, 2.24) is 4.40 Å². The molecule has 2 unspecified atom stereocenters. The first-order valence-electron chi connectivity index (χ1n) is 17.6. The Morgan fingerprint density at radius 2 is 1.34 bits per heavy atom. The average Bonchev–Trinajstić information content (AvgIpc) is 3.82. The summed E-state index contributed by atoms with van der Waals surface area (Å²) in [5.41, 5.74) is 12.9. The molecule has 234 valence electrons. The van der Waals surface area contributed by atoms with Crippen LogP contribution >= 0.6 is 11.3 Å². The maximum Gasteiger partial charge on any atom is 0.249 e. The summed E-state index contributed by atoms with van der Waals surface area (Å²) in [6.45, 7) is 4.88. The van der Waals surface area contributed by atoms with E-state index in [9.17, 15) is 0 Å². The number of hydrogen-bond donors (Lipinski definition) is 0. The molecule has 0 radical (unpaired) electrons. The number of fused-ring (bicyclic) bond motifs is 18. The van der Waals surface area contributed by atoms with Gasteiger partial charge in [-0.2, -0.15) is 9.13 Å². The lowest BCUT2D eigenvalue weighted by Gasteiger charge is -2.29. The maximum absolute atomic E-state index is 4.88. The molecule has 2 aliphatic rings. The number of rotatable bonds is 0. The van der Waals surface area contributed by atoms with Gasteiger partial charge in [-0.25, -0.2) is 0 Å². The molecule has 7 heterocycles. The molecule has 4 heteroatoms. The molecule has 50 heavy (non-hydrogen) atoms. The van der Waals surface area contributed by atoms with Crippen molar-refractivity contribution in [2.24, 2.45) is 0 Å². The molecule has 3 nitrogen and oxygen atoms in total. The van der Waals surface area contributed by atoms with Crippen LogP contribution in [0, 0.1) is 0 Å². The lowest BCUT2D eigenvalue weighted by Crippen LogP contribution is -2.53. The second-order valence-corrected chi connectivity index (χ2v) is 15.2. The van der Waals surface area contributed by atoms with E-state index >= 15 is 0 Å². The molecule has 2 atom stereocenters. The summed E-state index contributed by atoms with van der Waals surface area (Å²) in [7, 11) is 0. The molecular weight excluding hydrogens is 627 g/mol. The van der Waals surface area contributed by atoms with Crippen LogP contribution in [0.25, 0.3) is 86.5 Å². The highest BCUT2D eigenvalue weighted by atomic mass is 32.1. The van der Waals surface area contributed by atoms with Gasteiger partial charge in [-0.3, -0.25) is 0 Å². The Balaban J connectivity index is 1.18. The zero-order chi connectivity index (χ0) is 32.7. The van der Waals surface area contributed by atoms with E-state index in [1.807, 2.05) is 11.3 Å². The number of benzene rings is 5. The highest BCUT2D eigenvalue weighted by Crippen LogP contribution is 2.49. The van der Waals surface area contributed by atoms with Gasteiger partial charge in [-0.1, -0.05) is 54.6 Å². The first kappa shape index (κ1) is 27.0. The van der Waals surface area contributed by atoms with Crippen LogP contribution in [0.15, 0.2) is 146 Å². The molecule has 0 bridgehead atoms. The Labute approximate surface area is 292 Å². The Kier molecular flexibility index (Phi) is 5.22. The summed E-state index contributed by atoms with van der Waals surface area (Å²) < 4.78 is 10.1. The van der Waals surface area contributed by atoms with Crippen molar-refractivity contribution in [3.63, 3.8) is 0 Å². The zero-order valence-corrected chi connectivity index (χ0v) is 28.1. The van der Waals surface area contributed by atoms with Gasteiger partial charge in [0.1, 0.15) is 0 Å². The second-order valence-electron chi connectivity index (χ2n) is 14.1. The molecule has 0 fully saturated rings. The SMILES string of the molecule is C=C1C2C(CCc3ccccc3-c3cccc[n+]31)c1cc3c(cc1-c1cccc[n+]12)c1cccc2c4cc5c(cc4n3c12)sc1ccccc15. The highest BCUT2D eigenvalue weighted by Gasteiger charge is 2.47. The molecule has 5 aromatic heterocycles. The van der Waals surface area contributed by atoms with Crippen molar-refractivity contribution >= 4 is 75.3 Å². The largest absolute Gasteiger partial charge is 0.308 e. The number of thiophene rings is 1. The van der Waals surface area contributed by atoms with Crippen LogP contribution in [0.5, 0.6) is 0 Å². The number of aromatic nitrogens is 3. The molecule has 12 rings (SSSR count). The van der Waals surface area contributed by atoms with Crippen molar-refractivity contribution in [1.29, 1.82) is 0 Å². The van der Waals surface area contributed by atoms with Gasteiger partial charge in [0, 0.05) is 71.5 Å². The predicted octanol–water partition coefficient (Wildman–Crippen LogP) is 10.9. The number of pyridine rings is 2. The zero-order valence-electron chi connectivity index (χ0n) is 27.3. The average molecular weight is 658 g/mol. The second kappa shape index (κ2) is 9.65. The van der Waals surface area contributed by atoms with Crippen LogP contribution in [0.3, 0.4) is 0 Å². The fourth-order valence-electron chi connectivity index (χ4n) is 9.64. The van der Waals surface area contributed by atoms with Crippen molar-refractivity contribution in [3.8, 4) is 22.5 Å². The minimum Gasteiger partial charge on any atom is -0.308 e. The fourth-order valence-corrected chi connectivity index (χ4v) is 10.8. The topological polar surface area (TPSA) is 12.2 Å². The van der Waals surface area contributed by atoms with E-state index in [1.165, 1.54) is 91.9 Å². The minimum absolute atomic E-state index is 0.0700. The van der Waals surface area contributed by atoms with Gasteiger partial charge in [-0.05, 0) is 79.1 Å². The van der Waals surface area contributed by atoms with Gasteiger partial charge in [0.25, 0.3) is 0 Å². The quantitative estimate of drug-likeness (QED) is 0.144. The van der Waals surface area contributed by atoms with Gasteiger partial charge in [0.2, 0.25) is 23.1 Å². The number of hydrogen-bond acceptors (Lipinski definition) is 1. The van der Waals surface area contributed by atoms with E-state index in [-0.39, 0.29) is 12.0 Å². The number of allylic oxidation sites excluding steroid dienone is 1. The summed E-state index contributed by atoms with van der Waals surface area (Å²) in [5.74, 6) is 0.241. The lowest BCUT2D eigenvalue weighted by atomic mass is 9.78. The van der Waals surface area contributed by atoms with E-state index in [1.54, 1.807) is 0 Å². The molecule has 0 amide bonds. The predicted molar refractivity (Wildman–Crippen MR) is 207 cm³/mol. The van der Waals surface area contributed by atoms with Gasteiger partial charge >= 0.3 is 0 Å². The molecule has 0 N–H and O–H groups in total. The Morgan fingerprint density at radius 3 is 2.26 bits per heavy atom. The molecule has 0 saturated carbocycles. The van der Waals surface area contributed by atoms with Crippen molar-refractivity contribution < 1.29 is 9.13 Å². The van der Waals surface area contributed by atoms with Crippen LogP contribution in [0.4, 0.5) is 0 Å². The van der Waals surface area contributed by atoms with Crippen LogP contribution in [-0.2, 0) is 6.42 Å². The van der Waals surface area contributed by atoms with Crippen molar-refractivity contribution in [3.05, 3.63) is 157 Å². The van der Waals surface area contributed by atoms with Crippen molar-refractivity contribution in [2.75, 3.05) is 0 Å². The van der Waals surface area contributed by atoms with Crippen LogP contribution in [0.2, 0.25) is 0 Å². The third kappa shape index (κ3) is 3.39. The Morgan fingerprint density at radius 1 is 0.600 bits per heavy atom. The molecule has 0 saturated heterocycles. The lowest BCUT2D eigenvalue weighted by molar-refractivity contribution is -0.727. The van der Waals surface area contributed by atoms with Gasteiger partial charge in [0.15, 0.2) is 12.4 Å². The Hall–Kier alpha value is -5.84. The molecule has 2 aliphatic heterocycles. The monoisotopic (exact) mass is 657 g/mol. The first-order chi connectivity index (χ1) is 24.7. The molecule has 0 aliphatic carbocycles. The standard InChI is InChI=1S/C46H31N3S/c1-27-45-33(20-19-28-11-2-3-12-29(28)39-16-6-8-21-47(27)39)34-25-41-35(23-37(34)40-17-7-9-22-48(40)45)31-14-10-15-32-36-24-38-30-13-4-5-18-43(30)50-44(38)26-42(36)49(41)46(31)32/h2-18,21-26,33,45H,1,19-20H2/q+2. The molecule has 10 aromatic rings. The third-order valence-electron chi connectivity index (χ3n) is 11.8. The number of aryl methyl sites for hydroxylation is 1. The first-order valence-corrected chi connectivity index (χ1v) is 18.4. The van der Waals surface area contributed by atoms with E-state index in [0.717, 1.165) is 18.5 Å². The van der Waals surface area contributed by atoms with E-state index in [4.69, 9.17) is 6.58 Å². The summed E-state index contributed by atoms with van der Waals surface area (Å²) in [5, 5.41) is 8.02. The van der Waals surface area contributed by atoms with Gasteiger partial charge in [-0.15, -0.1) is 11.3 Å². The van der Waals surface area contributed by atoms with Crippen LogP contribution in [-0.4, -0.2) is 4.40 Å². The van der Waals surface area contributed by atoms with Crippen LogP contribution in [0.1, 0.15) is 29.5 Å². The minimum atomic E-state index is 0.0700. The van der Waals surface area contributed by atoms with Gasteiger partial charge < -0.3 is 4.40 Å². The summed E-state index contributed by atoms with van der Waals surface area (Å²) in [4.78, 5) is 0. The normalized spacial score (nSPS) is 17.1. The molecule has 0 spiro atoms. The van der Waals surface area contributed by atoms with Gasteiger partial charge in [0.05, 0.1) is 28.0 Å². The number of para-hydroxylation sites is 1. The highest BCUT2D eigenvalue weighted by molar-refractivity contribution is 7.25. The maximum atomic E-state index is 4.88. The summed E-state index contributed by atoms with van der Waals surface area (Å²) in [6.07, 6.45) is 6.50. The fraction of sp³-hybridized carbons (Fsp3) is 0.0870. The number of nitrogens with zero attached hydrogens (tertiary/aromatic N) is 3. The molecule has 5 aromatic carbocycles. The third-order valence-corrected chi connectivity index (χ3v) is 12.9. The van der Waals surface area contributed by atoms with Crippen LogP contribution < -0.4 is 9.13 Å². The van der Waals surface area contributed by atoms with Crippen molar-refractivity contribution in [2.45, 2.75) is 24.8 Å². The van der Waals surface area contributed by atoms with E-state index in [2.05, 4.69) is 153 Å². The summed E-state index contributed by atoms with van der Waals surface area (Å²) in [6, 6.07) is 47.9. The summed E-state index contributed by atoms with van der Waals surface area (Å²) >= 11 is 1.90. The molecular formula is C46H31N3S+2. The van der Waals surface area contributed by atoms with E-state index in [0.29, 0.717) is 0 Å².